The first-order chi connectivity index (χ1) is 13.0. The summed E-state index contributed by atoms with van der Waals surface area (Å²) in [6.45, 7) is 2.19. The van der Waals surface area contributed by atoms with E-state index in [4.69, 9.17) is 4.74 Å². The number of carbonyl (C=O) groups is 2. The molecule has 140 valence electrons. The zero-order chi connectivity index (χ0) is 19.0. The molecule has 0 saturated carbocycles. The minimum atomic E-state index is -0.943. The van der Waals surface area contributed by atoms with Crippen LogP contribution >= 0.6 is 0 Å². The van der Waals surface area contributed by atoms with Gasteiger partial charge >= 0.3 is 6.03 Å². The van der Waals surface area contributed by atoms with E-state index in [1.165, 1.54) is 4.90 Å². The Balaban J connectivity index is 1.72. The maximum Gasteiger partial charge on any atom is 0.325 e. The molecule has 1 atom stereocenters. The Labute approximate surface area is 159 Å². The van der Waals surface area contributed by atoms with Crippen LogP contribution in [0.3, 0.4) is 0 Å². The topological polar surface area (TPSA) is 58.6 Å². The summed E-state index contributed by atoms with van der Waals surface area (Å²) in [5.74, 6) is 0.522. The van der Waals surface area contributed by atoms with Crippen molar-refractivity contribution in [1.29, 1.82) is 0 Å². The summed E-state index contributed by atoms with van der Waals surface area (Å²) in [4.78, 5) is 27.7. The second kappa shape index (κ2) is 6.72. The van der Waals surface area contributed by atoms with Crippen molar-refractivity contribution in [3.05, 3.63) is 64.7 Å². The van der Waals surface area contributed by atoms with Crippen LogP contribution in [0.15, 0.2) is 42.5 Å². The molecular formula is C22H24N2O3. The Hall–Kier alpha value is -2.82. The van der Waals surface area contributed by atoms with E-state index < -0.39 is 5.54 Å². The van der Waals surface area contributed by atoms with Crippen molar-refractivity contribution in [2.45, 2.75) is 44.7 Å². The van der Waals surface area contributed by atoms with Gasteiger partial charge in [-0.3, -0.25) is 9.69 Å². The first-order valence-electron chi connectivity index (χ1n) is 9.41. The second-order valence-corrected chi connectivity index (χ2v) is 7.41. The lowest BCUT2D eigenvalue weighted by atomic mass is 9.84. The number of hydrogen-bond acceptors (Lipinski definition) is 3. The number of aryl methyl sites for hydroxylation is 2. The van der Waals surface area contributed by atoms with E-state index >= 15 is 0 Å². The molecule has 1 aliphatic carbocycles. The number of fused-ring (bicyclic) bond motifs is 2. The van der Waals surface area contributed by atoms with Gasteiger partial charge in [0, 0.05) is 5.56 Å². The standard InChI is InChI=1S/C22H24N2O3/c1-15-10-11-19(27-2)17(13-15)14-24-20(25)22(23-21(24)26)12-6-5-8-16-7-3-4-9-18(16)22/h3-4,7,9-11,13H,5-6,8,12,14H2,1-2H3,(H,23,26)/t22-/m0/s1. The number of carbonyl (C=O) groups excluding carboxylic acids is 2. The average Bonchev–Trinajstić information content (AvgIpc) is 2.81. The van der Waals surface area contributed by atoms with E-state index in [0.29, 0.717) is 12.2 Å². The monoisotopic (exact) mass is 364 g/mol. The normalized spacial score (nSPS) is 21.8. The van der Waals surface area contributed by atoms with Crippen LogP contribution in [-0.4, -0.2) is 23.9 Å². The third kappa shape index (κ3) is 2.87. The minimum Gasteiger partial charge on any atom is -0.496 e. The summed E-state index contributed by atoms with van der Waals surface area (Å²) in [7, 11) is 1.60. The highest BCUT2D eigenvalue weighted by Gasteiger charge is 2.53. The zero-order valence-corrected chi connectivity index (χ0v) is 15.7. The molecule has 1 fully saturated rings. The number of nitrogens with one attached hydrogen (secondary N) is 1. The van der Waals surface area contributed by atoms with Gasteiger partial charge in [0.25, 0.3) is 5.91 Å². The molecule has 1 N–H and O–H groups in total. The second-order valence-electron chi connectivity index (χ2n) is 7.41. The molecule has 0 bridgehead atoms. The fraction of sp³-hybridized carbons (Fsp3) is 0.364. The fourth-order valence-corrected chi connectivity index (χ4v) is 4.32. The van der Waals surface area contributed by atoms with Crippen molar-refractivity contribution < 1.29 is 14.3 Å². The lowest BCUT2D eigenvalue weighted by molar-refractivity contribution is -0.132. The SMILES string of the molecule is COc1ccc(C)cc1CN1C(=O)N[C@]2(CCCCc3ccccc32)C1=O. The summed E-state index contributed by atoms with van der Waals surface area (Å²) in [6, 6.07) is 13.4. The molecule has 2 aliphatic rings. The highest BCUT2D eigenvalue weighted by atomic mass is 16.5. The van der Waals surface area contributed by atoms with E-state index in [2.05, 4.69) is 11.4 Å². The van der Waals surface area contributed by atoms with E-state index in [-0.39, 0.29) is 18.5 Å². The number of rotatable bonds is 3. The van der Waals surface area contributed by atoms with Gasteiger partial charge in [-0.15, -0.1) is 0 Å². The number of urea groups is 1. The van der Waals surface area contributed by atoms with Gasteiger partial charge in [-0.1, -0.05) is 42.0 Å². The molecule has 4 rings (SSSR count). The lowest BCUT2D eigenvalue weighted by Crippen LogP contribution is -2.44. The molecule has 1 spiro atoms. The largest absolute Gasteiger partial charge is 0.496 e. The lowest BCUT2D eigenvalue weighted by Gasteiger charge is -2.27. The van der Waals surface area contributed by atoms with Gasteiger partial charge in [-0.05, 0) is 49.8 Å². The molecule has 5 nitrogen and oxygen atoms in total. The van der Waals surface area contributed by atoms with Crippen molar-refractivity contribution in [3.8, 4) is 5.75 Å². The van der Waals surface area contributed by atoms with Crippen LogP contribution in [0, 0.1) is 6.92 Å². The molecule has 3 amide bonds. The number of nitrogens with zero attached hydrogens (tertiary/aromatic N) is 1. The third-order valence-corrected chi connectivity index (χ3v) is 5.67. The van der Waals surface area contributed by atoms with Crippen molar-refractivity contribution in [2.75, 3.05) is 7.11 Å². The Morgan fingerprint density at radius 2 is 1.96 bits per heavy atom. The maximum absolute atomic E-state index is 13.5. The van der Waals surface area contributed by atoms with Crippen molar-refractivity contribution in [2.24, 2.45) is 0 Å². The first-order valence-corrected chi connectivity index (χ1v) is 9.41. The van der Waals surface area contributed by atoms with Crippen LogP contribution in [0.2, 0.25) is 0 Å². The Morgan fingerprint density at radius 3 is 2.78 bits per heavy atom. The predicted molar refractivity (Wildman–Crippen MR) is 102 cm³/mol. The Morgan fingerprint density at radius 1 is 1.15 bits per heavy atom. The summed E-state index contributed by atoms with van der Waals surface area (Å²) in [6.07, 6.45) is 3.50. The van der Waals surface area contributed by atoms with Crippen molar-refractivity contribution in [1.82, 2.24) is 10.2 Å². The number of ether oxygens (including phenoxy) is 1. The molecule has 1 aliphatic heterocycles. The van der Waals surface area contributed by atoms with Gasteiger partial charge in [0.1, 0.15) is 11.3 Å². The highest BCUT2D eigenvalue weighted by Crippen LogP contribution is 2.39. The summed E-state index contributed by atoms with van der Waals surface area (Å²) in [5.41, 5.74) is 3.05. The van der Waals surface area contributed by atoms with Gasteiger partial charge in [-0.2, -0.15) is 0 Å². The summed E-state index contributed by atoms with van der Waals surface area (Å²) in [5, 5.41) is 3.03. The van der Waals surface area contributed by atoms with E-state index in [9.17, 15) is 9.59 Å². The van der Waals surface area contributed by atoms with Crippen molar-refractivity contribution in [3.63, 3.8) is 0 Å². The number of benzene rings is 2. The van der Waals surface area contributed by atoms with Crippen LogP contribution in [0.1, 0.15) is 41.5 Å². The predicted octanol–water partition coefficient (Wildman–Crippen LogP) is 3.68. The van der Waals surface area contributed by atoms with E-state index in [0.717, 1.165) is 41.5 Å². The number of imide groups is 1. The van der Waals surface area contributed by atoms with Crippen LogP contribution < -0.4 is 10.1 Å². The van der Waals surface area contributed by atoms with Crippen LogP contribution in [0.4, 0.5) is 4.79 Å². The van der Waals surface area contributed by atoms with Crippen LogP contribution in [0.5, 0.6) is 5.75 Å². The van der Waals surface area contributed by atoms with Crippen LogP contribution in [0.25, 0.3) is 0 Å². The molecular weight excluding hydrogens is 340 g/mol. The molecule has 1 heterocycles. The average molecular weight is 364 g/mol. The molecule has 0 aromatic heterocycles. The first kappa shape index (κ1) is 17.6. The van der Waals surface area contributed by atoms with Gasteiger partial charge in [0.05, 0.1) is 13.7 Å². The molecule has 2 aromatic rings. The van der Waals surface area contributed by atoms with Gasteiger partial charge in [-0.25, -0.2) is 4.79 Å². The molecule has 27 heavy (non-hydrogen) atoms. The number of amides is 3. The molecule has 0 radical (unpaired) electrons. The fourth-order valence-electron chi connectivity index (χ4n) is 4.32. The molecule has 0 unspecified atom stereocenters. The van der Waals surface area contributed by atoms with Crippen LogP contribution in [-0.2, 0) is 23.3 Å². The highest BCUT2D eigenvalue weighted by molar-refractivity contribution is 6.07. The summed E-state index contributed by atoms with van der Waals surface area (Å²) >= 11 is 0. The Bertz CT molecular complexity index is 908. The molecule has 1 saturated heterocycles. The smallest absolute Gasteiger partial charge is 0.325 e. The molecule has 5 heteroatoms. The number of hydrogen-bond donors (Lipinski definition) is 1. The third-order valence-electron chi connectivity index (χ3n) is 5.67. The number of methoxy groups -OCH3 is 1. The van der Waals surface area contributed by atoms with E-state index in [1.54, 1.807) is 7.11 Å². The summed E-state index contributed by atoms with van der Waals surface area (Å²) < 4.78 is 5.42. The maximum atomic E-state index is 13.5. The minimum absolute atomic E-state index is 0.162. The zero-order valence-electron chi connectivity index (χ0n) is 15.7. The van der Waals surface area contributed by atoms with Crippen molar-refractivity contribution >= 4 is 11.9 Å². The van der Waals surface area contributed by atoms with E-state index in [1.807, 2.05) is 43.3 Å². The quantitative estimate of drug-likeness (QED) is 0.846. The van der Waals surface area contributed by atoms with Gasteiger partial charge in [0.2, 0.25) is 0 Å². The Kier molecular flexibility index (Phi) is 4.38. The molecule has 2 aromatic carbocycles. The van der Waals surface area contributed by atoms with Gasteiger partial charge in [0.15, 0.2) is 0 Å². The van der Waals surface area contributed by atoms with Gasteiger partial charge < -0.3 is 10.1 Å².